The number of nitriles is 2. The molecule has 80 valence electrons. The van der Waals surface area contributed by atoms with Crippen LogP contribution in [0.2, 0.25) is 0 Å². The van der Waals surface area contributed by atoms with E-state index >= 15 is 0 Å². The van der Waals surface area contributed by atoms with Crippen LogP contribution in [0.25, 0.3) is 0 Å². The predicted octanol–water partition coefficient (Wildman–Crippen LogP) is 1.96. The molecule has 1 N–H and O–H groups in total. The highest BCUT2D eigenvalue weighted by atomic mass is 16.1. The number of hydrogen-bond acceptors (Lipinski definition) is 3. The lowest BCUT2D eigenvalue weighted by Crippen LogP contribution is -2.19. The summed E-state index contributed by atoms with van der Waals surface area (Å²) < 4.78 is 0. The molecule has 0 heterocycles. The predicted molar refractivity (Wildman–Crippen MR) is 59.3 cm³/mol. The molecule has 4 heteroatoms. The standard InChI is InChI=1S/C12H11N3O/c1-8-3-4-10(7-14)5-11(8)15-12(16)9(2)6-13/h3-5,9H,1-2H3,(H,15,16). The summed E-state index contributed by atoms with van der Waals surface area (Å²) in [4.78, 5) is 11.5. The van der Waals surface area contributed by atoms with Crippen LogP contribution in [0.3, 0.4) is 0 Å². The van der Waals surface area contributed by atoms with Gasteiger partial charge in [0.25, 0.3) is 0 Å². The number of carbonyl (C=O) groups excluding carboxylic acids is 1. The zero-order valence-electron chi connectivity index (χ0n) is 9.11. The number of nitrogens with zero attached hydrogens (tertiary/aromatic N) is 2. The summed E-state index contributed by atoms with van der Waals surface area (Å²) in [5.74, 6) is -1.06. The van der Waals surface area contributed by atoms with Crippen LogP contribution in [-0.2, 0) is 4.79 Å². The van der Waals surface area contributed by atoms with Gasteiger partial charge in [-0.05, 0) is 31.5 Å². The van der Waals surface area contributed by atoms with Crippen molar-refractivity contribution in [2.24, 2.45) is 5.92 Å². The molecule has 0 spiro atoms. The van der Waals surface area contributed by atoms with E-state index < -0.39 is 5.92 Å². The number of benzene rings is 1. The summed E-state index contributed by atoms with van der Waals surface area (Å²) in [6.45, 7) is 3.35. The Balaban J connectivity index is 2.94. The molecule has 0 radical (unpaired) electrons. The highest BCUT2D eigenvalue weighted by Gasteiger charge is 2.12. The fraction of sp³-hybridized carbons (Fsp3) is 0.250. The van der Waals surface area contributed by atoms with E-state index in [4.69, 9.17) is 10.5 Å². The summed E-state index contributed by atoms with van der Waals surface area (Å²) in [7, 11) is 0. The second-order valence-electron chi connectivity index (χ2n) is 3.48. The molecule has 1 aromatic rings. The maximum Gasteiger partial charge on any atom is 0.241 e. The molecule has 4 nitrogen and oxygen atoms in total. The molecular weight excluding hydrogens is 202 g/mol. The quantitative estimate of drug-likeness (QED) is 0.815. The lowest BCUT2D eigenvalue weighted by atomic mass is 10.1. The molecule has 1 amide bonds. The van der Waals surface area contributed by atoms with Gasteiger partial charge in [-0.2, -0.15) is 10.5 Å². The number of anilines is 1. The number of rotatable bonds is 2. The first-order valence-electron chi connectivity index (χ1n) is 4.79. The number of carbonyl (C=O) groups is 1. The fourth-order valence-corrected chi connectivity index (χ4v) is 1.13. The van der Waals surface area contributed by atoms with Crippen LogP contribution in [0.1, 0.15) is 18.1 Å². The fourth-order valence-electron chi connectivity index (χ4n) is 1.13. The number of aryl methyl sites for hydroxylation is 1. The number of amides is 1. The average molecular weight is 213 g/mol. The Kier molecular flexibility index (Phi) is 3.63. The molecule has 0 saturated carbocycles. The first-order valence-corrected chi connectivity index (χ1v) is 4.79. The molecule has 1 rings (SSSR count). The first-order chi connectivity index (χ1) is 7.58. The van der Waals surface area contributed by atoms with Gasteiger partial charge in [-0.1, -0.05) is 6.07 Å². The average Bonchev–Trinajstić information content (AvgIpc) is 2.30. The Morgan fingerprint density at radius 1 is 1.44 bits per heavy atom. The molecule has 1 atom stereocenters. The van der Waals surface area contributed by atoms with E-state index in [0.29, 0.717) is 11.3 Å². The SMILES string of the molecule is Cc1ccc(C#N)cc1NC(=O)C(C)C#N. The van der Waals surface area contributed by atoms with Gasteiger partial charge in [0.05, 0.1) is 17.7 Å². The molecule has 1 aromatic carbocycles. The van der Waals surface area contributed by atoms with E-state index in [9.17, 15) is 4.79 Å². The molecule has 0 aromatic heterocycles. The molecular formula is C12H11N3O. The molecule has 16 heavy (non-hydrogen) atoms. The molecule has 0 aliphatic heterocycles. The van der Waals surface area contributed by atoms with Crippen molar-refractivity contribution in [3.63, 3.8) is 0 Å². The number of hydrogen-bond donors (Lipinski definition) is 1. The van der Waals surface area contributed by atoms with Crippen molar-refractivity contribution in [3.8, 4) is 12.1 Å². The van der Waals surface area contributed by atoms with Crippen molar-refractivity contribution in [1.82, 2.24) is 0 Å². The minimum atomic E-state index is -0.704. The van der Waals surface area contributed by atoms with Gasteiger partial charge < -0.3 is 5.32 Å². The maximum absolute atomic E-state index is 11.5. The van der Waals surface area contributed by atoms with Crippen molar-refractivity contribution in [2.75, 3.05) is 5.32 Å². The Labute approximate surface area is 94.1 Å². The van der Waals surface area contributed by atoms with E-state index in [1.165, 1.54) is 6.92 Å². The van der Waals surface area contributed by atoms with Crippen LogP contribution in [-0.4, -0.2) is 5.91 Å². The maximum atomic E-state index is 11.5. The Morgan fingerprint density at radius 2 is 2.12 bits per heavy atom. The zero-order valence-corrected chi connectivity index (χ0v) is 9.11. The van der Waals surface area contributed by atoms with Crippen LogP contribution >= 0.6 is 0 Å². The Bertz CT molecular complexity index is 494. The van der Waals surface area contributed by atoms with Gasteiger partial charge in [-0.15, -0.1) is 0 Å². The summed E-state index contributed by atoms with van der Waals surface area (Å²) in [6, 6.07) is 8.88. The van der Waals surface area contributed by atoms with Gasteiger partial charge in [0.1, 0.15) is 5.92 Å². The second-order valence-corrected chi connectivity index (χ2v) is 3.48. The highest BCUT2D eigenvalue weighted by Crippen LogP contribution is 2.17. The van der Waals surface area contributed by atoms with E-state index in [-0.39, 0.29) is 5.91 Å². The summed E-state index contributed by atoms with van der Waals surface area (Å²) >= 11 is 0. The van der Waals surface area contributed by atoms with Crippen LogP contribution in [0.4, 0.5) is 5.69 Å². The molecule has 0 aliphatic carbocycles. The lowest BCUT2D eigenvalue weighted by molar-refractivity contribution is -0.117. The highest BCUT2D eigenvalue weighted by molar-refractivity contribution is 5.94. The van der Waals surface area contributed by atoms with Crippen LogP contribution in [0, 0.1) is 35.5 Å². The minimum Gasteiger partial charge on any atom is -0.325 e. The monoisotopic (exact) mass is 213 g/mol. The van der Waals surface area contributed by atoms with Crippen molar-refractivity contribution in [1.29, 1.82) is 10.5 Å². The molecule has 0 bridgehead atoms. The van der Waals surface area contributed by atoms with Gasteiger partial charge in [-0.3, -0.25) is 4.79 Å². The minimum absolute atomic E-state index is 0.360. The lowest BCUT2D eigenvalue weighted by Gasteiger charge is -2.09. The normalized spacial score (nSPS) is 11.0. The van der Waals surface area contributed by atoms with Crippen molar-refractivity contribution < 1.29 is 4.79 Å². The van der Waals surface area contributed by atoms with E-state index in [1.807, 2.05) is 19.1 Å². The van der Waals surface area contributed by atoms with Gasteiger partial charge >= 0.3 is 0 Å². The van der Waals surface area contributed by atoms with Gasteiger partial charge in [0.15, 0.2) is 0 Å². The Hall–Kier alpha value is -2.33. The first kappa shape index (κ1) is 11.7. The van der Waals surface area contributed by atoms with Gasteiger partial charge in [0.2, 0.25) is 5.91 Å². The summed E-state index contributed by atoms with van der Waals surface area (Å²) in [5.41, 5.74) is 1.91. The second kappa shape index (κ2) is 4.95. The molecule has 0 saturated heterocycles. The van der Waals surface area contributed by atoms with E-state index in [0.717, 1.165) is 5.56 Å². The Morgan fingerprint density at radius 3 is 2.69 bits per heavy atom. The smallest absolute Gasteiger partial charge is 0.241 e. The van der Waals surface area contributed by atoms with Gasteiger partial charge in [0, 0.05) is 5.69 Å². The third-order valence-electron chi connectivity index (χ3n) is 2.21. The van der Waals surface area contributed by atoms with Crippen molar-refractivity contribution in [2.45, 2.75) is 13.8 Å². The summed E-state index contributed by atoms with van der Waals surface area (Å²) in [5, 5.41) is 19.9. The molecule has 1 unspecified atom stereocenters. The topological polar surface area (TPSA) is 76.7 Å². The van der Waals surface area contributed by atoms with Crippen LogP contribution < -0.4 is 5.32 Å². The van der Waals surface area contributed by atoms with Crippen molar-refractivity contribution >= 4 is 11.6 Å². The summed E-state index contributed by atoms with van der Waals surface area (Å²) in [6.07, 6.45) is 0. The van der Waals surface area contributed by atoms with Crippen LogP contribution in [0.5, 0.6) is 0 Å². The van der Waals surface area contributed by atoms with Gasteiger partial charge in [-0.25, -0.2) is 0 Å². The third kappa shape index (κ3) is 2.59. The van der Waals surface area contributed by atoms with Crippen LogP contribution in [0.15, 0.2) is 18.2 Å². The number of nitrogens with one attached hydrogen (secondary N) is 1. The largest absolute Gasteiger partial charge is 0.325 e. The van der Waals surface area contributed by atoms with Crippen molar-refractivity contribution in [3.05, 3.63) is 29.3 Å². The molecule has 0 aliphatic rings. The van der Waals surface area contributed by atoms with E-state index in [1.54, 1.807) is 18.2 Å². The van der Waals surface area contributed by atoms with E-state index in [2.05, 4.69) is 5.32 Å². The third-order valence-corrected chi connectivity index (χ3v) is 2.21. The zero-order chi connectivity index (χ0) is 12.1. The molecule has 0 fully saturated rings.